The fourth-order valence-electron chi connectivity index (χ4n) is 4.14. The topological polar surface area (TPSA) is 177 Å². The molecule has 0 saturated carbocycles. The Labute approximate surface area is 242 Å². The number of hydrogen-bond acceptors (Lipinski definition) is 10. The highest BCUT2D eigenvalue weighted by molar-refractivity contribution is 8.01. The predicted molar refractivity (Wildman–Crippen MR) is 148 cm³/mol. The fourth-order valence-corrected chi connectivity index (χ4v) is 7.35. The average Bonchev–Trinajstić information content (AvgIpc) is 3.42. The second-order valence-electron chi connectivity index (χ2n) is 9.86. The molecule has 2 unspecified atom stereocenters. The van der Waals surface area contributed by atoms with Crippen LogP contribution in [0.4, 0.5) is 4.79 Å². The zero-order chi connectivity index (χ0) is 29.2. The number of nitrogens with zero attached hydrogens (tertiary/aromatic N) is 3. The maximum Gasteiger partial charge on any atom is 0.352 e. The van der Waals surface area contributed by atoms with Crippen LogP contribution >= 0.6 is 34.9 Å². The van der Waals surface area contributed by atoms with E-state index in [-0.39, 0.29) is 17.2 Å². The van der Waals surface area contributed by atoms with Gasteiger partial charge in [-0.25, -0.2) is 9.59 Å². The van der Waals surface area contributed by atoms with Gasteiger partial charge in [-0.1, -0.05) is 22.7 Å². The lowest BCUT2D eigenvalue weighted by Gasteiger charge is -2.56. The van der Waals surface area contributed by atoms with Crippen molar-refractivity contribution in [3.05, 3.63) is 57.2 Å². The van der Waals surface area contributed by atoms with E-state index >= 15 is 0 Å². The number of thiophene rings is 1. The lowest BCUT2D eigenvalue weighted by Crippen LogP contribution is -2.81. The minimum Gasteiger partial charge on any atom is -0.594 e. The van der Waals surface area contributed by atoms with Gasteiger partial charge in [0.2, 0.25) is 6.20 Å². The number of amides is 4. The highest BCUT2D eigenvalue weighted by atomic mass is 32.2. The largest absolute Gasteiger partial charge is 0.594 e. The highest BCUT2D eigenvalue weighted by Gasteiger charge is 2.67. The number of carboxylic acids is 1. The van der Waals surface area contributed by atoms with E-state index in [9.17, 15) is 29.5 Å². The molecule has 1 saturated heterocycles. The summed E-state index contributed by atoms with van der Waals surface area (Å²) in [6.45, 7) is 5.39. The molecular weight excluding hydrogens is 581 g/mol. The number of nitrogens with one attached hydrogen (secondary N) is 3. The average molecular weight is 609 g/mol. The Hall–Kier alpha value is -3.34. The summed E-state index contributed by atoms with van der Waals surface area (Å²) in [6.07, 6.45) is 1.24. The third-order valence-electron chi connectivity index (χ3n) is 5.84. The minimum absolute atomic E-state index is 0.182. The number of methoxy groups -OCH3 is 1. The molecule has 3 atom stereocenters. The molecule has 0 aliphatic carbocycles. The number of thioether (sulfide) groups is 2. The number of carbonyl (C=O) groups excluding carboxylic acids is 3. The fraction of sp³-hybridized carbons (Fsp3) is 0.417. The summed E-state index contributed by atoms with van der Waals surface area (Å²) >= 11 is 3.66. The summed E-state index contributed by atoms with van der Waals surface area (Å²) in [6, 6.07) is 4.86. The monoisotopic (exact) mass is 608 g/mol. The Kier molecular flexibility index (Phi) is 8.63. The van der Waals surface area contributed by atoms with E-state index in [1.807, 2.05) is 0 Å². The lowest BCUT2D eigenvalue weighted by atomic mass is 9.97. The number of hydrogen-bond donors (Lipinski definition) is 4. The Bertz CT molecular complexity index is 1350. The summed E-state index contributed by atoms with van der Waals surface area (Å²) < 4.78 is 5.55. The van der Waals surface area contributed by atoms with Crippen LogP contribution in [0.2, 0.25) is 0 Å². The van der Waals surface area contributed by atoms with Crippen molar-refractivity contribution in [3.63, 3.8) is 0 Å². The molecule has 40 heavy (non-hydrogen) atoms. The molecule has 13 nitrogen and oxygen atoms in total. The van der Waals surface area contributed by atoms with Crippen molar-refractivity contribution in [1.29, 1.82) is 0 Å². The summed E-state index contributed by atoms with van der Waals surface area (Å²) in [5, 5.41) is 34.6. The van der Waals surface area contributed by atoms with Crippen molar-refractivity contribution in [3.8, 4) is 0 Å². The van der Waals surface area contributed by atoms with E-state index in [1.165, 1.54) is 54.2 Å². The van der Waals surface area contributed by atoms with Crippen molar-refractivity contribution < 1.29 is 33.9 Å². The third-order valence-corrected chi connectivity index (χ3v) is 9.16. The summed E-state index contributed by atoms with van der Waals surface area (Å²) in [4.78, 5) is 53.9. The van der Waals surface area contributed by atoms with Crippen LogP contribution in [0.15, 0.2) is 52.1 Å². The minimum atomic E-state index is -1.84. The van der Waals surface area contributed by atoms with Gasteiger partial charge < -0.3 is 31.0 Å². The molecule has 214 valence electrons. The van der Waals surface area contributed by atoms with Crippen LogP contribution in [0, 0.1) is 5.21 Å². The molecule has 0 spiro atoms. The second-order valence-corrected chi connectivity index (χ2v) is 12.9. The maximum atomic E-state index is 13.5. The number of rotatable bonds is 9. The van der Waals surface area contributed by atoms with E-state index in [1.54, 1.807) is 44.4 Å². The molecule has 1 fully saturated rings. The molecule has 0 bridgehead atoms. The second kappa shape index (κ2) is 11.6. The van der Waals surface area contributed by atoms with Gasteiger partial charge in [-0.2, -0.15) is 0 Å². The third kappa shape index (κ3) is 6.04. The molecule has 2 aromatic rings. The zero-order valence-corrected chi connectivity index (χ0v) is 24.4. The van der Waals surface area contributed by atoms with Gasteiger partial charge in [0.25, 0.3) is 17.5 Å². The van der Waals surface area contributed by atoms with Crippen LogP contribution in [0.1, 0.15) is 31.7 Å². The zero-order valence-electron chi connectivity index (χ0n) is 22.0. The Morgan fingerprint density at radius 2 is 2.10 bits per heavy atom. The molecule has 2 aromatic heterocycles. The Morgan fingerprint density at radius 1 is 1.35 bits per heavy atom. The lowest BCUT2D eigenvalue weighted by molar-refractivity contribution is -0.672. The number of carbonyl (C=O) groups is 4. The summed E-state index contributed by atoms with van der Waals surface area (Å²) in [5.41, 5.74) is -2.14. The first-order valence-corrected chi connectivity index (χ1v) is 14.9. The van der Waals surface area contributed by atoms with E-state index in [2.05, 4.69) is 21.0 Å². The standard InChI is InChI=1S/C24H28N6O7S3/c1-23(2,3)27-22(35)25-16(14-7-6-10-38-14)18(31)26-24(37-4)20(34)30-17(19(32)33)13(12-40-21(24)30)11-39-15-8-5-9-29(36)28-15/h5-10,16,21H,11-12H2,1-4H3,(H,26,31)(H,32,33)(H2,25,27,35)/t16?,21?,24-/m1/s1. The van der Waals surface area contributed by atoms with Crippen molar-refractivity contribution in [1.82, 2.24) is 25.9 Å². The number of aromatic nitrogens is 2. The molecule has 4 N–H and O–H groups in total. The van der Waals surface area contributed by atoms with Crippen LogP contribution in [-0.2, 0) is 19.1 Å². The first-order valence-electron chi connectivity index (χ1n) is 12.0. The predicted octanol–water partition coefficient (Wildman–Crippen LogP) is 1.42. The van der Waals surface area contributed by atoms with Gasteiger partial charge in [0, 0.05) is 40.2 Å². The van der Waals surface area contributed by atoms with Gasteiger partial charge in [0.1, 0.15) is 17.1 Å². The van der Waals surface area contributed by atoms with E-state index in [0.29, 0.717) is 20.3 Å². The summed E-state index contributed by atoms with van der Waals surface area (Å²) in [7, 11) is 1.25. The molecule has 16 heteroatoms. The molecule has 0 radical (unpaired) electrons. The number of carboxylic acid groups (broad SMARTS) is 1. The number of urea groups is 1. The van der Waals surface area contributed by atoms with Gasteiger partial charge >= 0.3 is 12.0 Å². The quantitative estimate of drug-likeness (QED) is 0.107. The van der Waals surface area contributed by atoms with Crippen molar-refractivity contribution in [2.24, 2.45) is 0 Å². The van der Waals surface area contributed by atoms with Crippen molar-refractivity contribution >= 4 is 58.7 Å². The molecule has 2 aliphatic heterocycles. The molecule has 4 heterocycles. The normalized spacial score (nSPS) is 21.2. The van der Waals surface area contributed by atoms with E-state index in [4.69, 9.17) is 4.74 Å². The van der Waals surface area contributed by atoms with Crippen LogP contribution < -0.4 is 20.8 Å². The van der Waals surface area contributed by atoms with Crippen LogP contribution in [0.3, 0.4) is 0 Å². The number of β-lactam (4-membered cyclic amide) rings is 1. The van der Waals surface area contributed by atoms with Gasteiger partial charge in [-0.15, -0.1) is 23.1 Å². The molecule has 2 aliphatic rings. The van der Waals surface area contributed by atoms with Crippen LogP contribution in [-0.4, -0.2) is 74.2 Å². The Balaban J connectivity index is 1.55. The van der Waals surface area contributed by atoms with Gasteiger partial charge in [-0.05, 0) is 43.9 Å². The van der Waals surface area contributed by atoms with Crippen LogP contribution in [0.5, 0.6) is 0 Å². The smallest absolute Gasteiger partial charge is 0.352 e. The van der Waals surface area contributed by atoms with E-state index < -0.39 is 46.5 Å². The molecule has 0 aromatic carbocycles. The molecular formula is C24H28N6O7S3. The number of aliphatic carboxylic acids is 1. The molecule has 4 rings (SSSR count). The van der Waals surface area contributed by atoms with Crippen LogP contribution in [0.25, 0.3) is 0 Å². The van der Waals surface area contributed by atoms with Gasteiger partial charge in [-0.3, -0.25) is 14.5 Å². The van der Waals surface area contributed by atoms with E-state index in [0.717, 1.165) is 4.90 Å². The molecule has 4 amide bonds. The Morgan fingerprint density at radius 3 is 2.70 bits per heavy atom. The van der Waals surface area contributed by atoms with Crippen molar-refractivity contribution in [2.45, 2.75) is 48.5 Å². The maximum absolute atomic E-state index is 13.5. The van der Waals surface area contributed by atoms with Crippen molar-refractivity contribution in [2.75, 3.05) is 18.6 Å². The number of fused-ring (bicyclic) bond motifs is 1. The SMILES string of the molecule is CO[C@]1(NC(=O)C(NC(=O)NC(C)(C)C)c2cccs2)C(=O)N2C(C(=O)O)=C(CSc3ccc[n+]([O-])n3)CSC21. The first kappa shape index (κ1) is 29.6. The summed E-state index contributed by atoms with van der Waals surface area (Å²) in [5.74, 6) is -2.33. The number of ether oxygens (including phenoxy) is 1. The highest BCUT2D eigenvalue weighted by Crippen LogP contribution is 2.47. The van der Waals surface area contributed by atoms with Gasteiger partial charge in [0.05, 0.1) is 0 Å². The van der Waals surface area contributed by atoms with Gasteiger partial charge in [0.15, 0.2) is 5.03 Å². The first-order chi connectivity index (χ1) is 18.9.